The number of nitrogens with zero attached hydrogens (tertiary/aromatic N) is 2. The summed E-state index contributed by atoms with van der Waals surface area (Å²) in [5, 5.41) is 5.37. The van der Waals surface area contributed by atoms with Crippen LogP contribution in [0.1, 0.15) is 17.0 Å². The number of aromatic nitrogens is 2. The van der Waals surface area contributed by atoms with E-state index in [0.29, 0.717) is 13.1 Å². The molecule has 3 rings (SSSR count). The van der Waals surface area contributed by atoms with Crippen LogP contribution in [-0.2, 0) is 13.1 Å². The van der Waals surface area contributed by atoms with E-state index >= 15 is 0 Å². The van der Waals surface area contributed by atoms with Crippen molar-refractivity contribution in [2.45, 2.75) is 20.0 Å². The van der Waals surface area contributed by atoms with Gasteiger partial charge in [-0.1, -0.05) is 18.2 Å². The quantitative estimate of drug-likeness (QED) is 0.766. The third-order valence-electron chi connectivity index (χ3n) is 3.21. The van der Waals surface area contributed by atoms with E-state index in [-0.39, 0.29) is 0 Å². The molecule has 0 aliphatic rings. The molecule has 4 nitrogen and oxygen atoms in total. The highest BCUT2D eigenvalue weighted by Gasteiger charge is 2.13. The number of furan rings is 1. The lowest BCUT2D eigenvalue weighted by atomic mass is 10.1. The Morgan fingerprint density at radius 1 is 1.28 bits per heavy atom. The van der Waals surface area contributed by atoms with Crippen LogP contribution in [-0.4, -0.2) is 9.78 Å². The van der Waals surface area contributed by atoms with Gasteiger partial charge in [-0.15, -0.1) is 0 Å². The number of aryl methyl sites for hydroxylation is 1. The third-order valence-corrected chi connectivity index (χ3v) is 3.21. The van der Waals surface area contributed by atoms with E-state index in [0.717, 1.165) is 28.0 Å². The lowest BCUT2D eigenvalue weighted by Crippen LogP contribution is -2.06. The van der Waals surface area contributed by atoms with Crippen molar-refractivity contribution in [2.24, 2.45) is 5.73 Å². The Bertz CT molecular complexity index is 681. The fraction of sp³-hybridized carbons (Fsp3) is 0.214. The summed E-state index contributed by atoms with van der Waals surface area (Å²) in [6, 6.07) is 9.95. The van der Waals surface area contributed by atoms with Crippen LogP contribution in [0.5, 0.6) is 0 Å². The standard InChI is InChI=1S/C14H15N3O/c1-10-6-7-16-17(10)9-14-12(8-15)11-4-2-3-5-13(11)18-14/h2-7H,8-9,15H2,1H3. The van der Waals surface area contributed by atoms with E-state index in [9.17, 15) is 0 Å². The van der Waals surface area contributed by atoms with Gasteiger partial charge in [-0.2, -0.15) is 5.10 Å². The molecular formula is C14H15N3O. The molecule has 4 heteroatoms. The molecule has 2 aromatic heterocycles. The van der Waals surface area contributed by atoms with Gasteiger partial charge in [-0.25, -0.2) is 0 Å². The van der Waals surface area contributed by atoms with E-state index in [1.54, 1.807) is 6.20 Å². The van der Waals surface area contributed by atoms with Crippen molar-refractivity contribution in [1.82, 2.24) is 9.78 Å². The highest BCUT2D eigenvalue weighted by Crippen LogP contribution is 2.26. The van der Waals surface area contributed by atoms with Crippen molar-refractivity contribution in [1.29, 1.82) is 0 Å². The molecule has 92 valence electrons. The molecule has 0 spiro atoms. The topological polar surface area (TPSA) is 57.0 Å². The molecule has 1 aromatic carbocycles. The molecule has 2 N–H and O–H groups in total. The van der Waals surface area contributed by atoms with Crippen molar-refractivity contribution in [3.05, 3.63) is 53.5 Å². The number of fused-ring (bicyclic) bond motifs is 1. The molecule has 0 saturated heterocycles. The number of para-hydroxylation sites is 1. The zero-order valence-electron chi connectivity index (χ0n) is 10.3. The summed E-state index contributed by atoms with van der Waals surface area (Å²) in [4.78, 5) is 0. The second kappa shape index (κ2) is 4.31. The van der Waals surface area contributed by atoms with Crippen LogP contribution in [0.25, 0.3) is 11.0 Å². The van der Waals surface area contributed by atoms with Crippen LogP contribution < -0.4 is 5.73 Å². The fourth-order valence-corrected chi connectivity index (χ4v) is 2.20. The van der Waals surface area contributed by atoms with E-state index < -0.39 is 0 Å². The molecular weight excluding hydrogens is 226 g/mol. The maximum Gasteiger partial charge on any atom is 0.134 e. The molecule has 3 aromatic rings. The van der Waals surface area contributed by atoms with Crippen molar-refractivity contribution in [2.75, 3.05) is 0 Å². The molecule has 0 amide bonds. The van der Waals surface area contributed by atoms with Crippen LogP contribution in [0.15, 0.2) is 40.9 Å². The largest absolute Gasteiger partial charge is 0.459 e. The predicted molar refractivity (Wildman–Crippen MR) is 70.2 cm³/mol. The van der Waals surface area contributed by atoms with Gasteiger partial charge in [0, 0.05) is 29.4 Å². The SMILES string of the molecule is Cc1ccnn1Cc1oc2ccccc2c1CN. The summed E-state index contributed by atoms with van der Waals surface area (Å²) in [5.41, 5.74) is 8.90. The van der Waals surface area contributed by atoms with E-state index in [1.165, 1.54) is 0 Å². The van der Waals surface area contributed by atoms with Crippen molar-refractivity contribution < 1.29 is 4.42 Å². The number of nitrogens with two attached hydrogens (primary N) is 1. The van der Waals surface area contributed by atoms with Gasteiger partial charge in [-0.05, 0) is 19.1 Å². The smallest absolute Gasteiger partial charge is 0.134 e. The molecule has 0 aliphatic carbocycles. The summed E-state index contributed by atoms with van der Waals surface area (Å²) in [7, 11) is 0. The molecule has 0 radical (unpaired) electrons. The first kappa shape index (κ1) is 11.0. The van der Waals surface area contributed by atoms with E-state index in [4.69, 9.17) is 10.2 Å². The lowest BCUT2D eigenvalue weighted by molar-refractivity contribution is 0.499. The van der Waals surface area contributed by atoms with Gasteiger partial charge in [0.05, 0.1) is 6.54 Å². The van der Waals surface area contributed by atoms with Crippen LogP contribution in [0.4, 0.5) is 0 Å². The fourth-order valence-electron chi connectivity index (χ4n) is 2.20. The first-order valence-corrected chi connectivity index (χ1v) is 5.97. The monoisotopic (exact) mass is 241 g/mol. The van der Waals surface area contributed by atoms with E-state index in [2.05, 4.69) is 5.10 Å². The van der Waals surface area contributed by atoms with Gasteiger partial charge in [0.1, 0.15) is 11.3 Å². The van der Waals surface area contributed by atoms with Gasteiger partial charge < -0.3 is 10.2 Å². The van der Waals surface area contributed by atoms with E-state index in [1.807, 2.05) is 41.9 Å². The lowest BCUT2D eigenvalue weighted by Gasteiger charge is -2.03. The van der Waals surface area contributed by atoms with Gasteiger partial charge in [-0.3, -0.25) is 4.68 Å². The Labute approximate surface area is 105 Å². The van der Waals surface area contributed by atoms with Crippen LogP contribution in [0.2, 0.25) is 0 Å². The molecule has 18 heavy (non-hydrogen) atoms. The molecule has 0 aliphatic heterocycles. The second-order valence-electron chi connectivity index (χ2n) is 4.33. The summed E-state index contributed by atoms with van der Waals surface area (Å²) < 4.78 is 7.79. The normalized spacial score (nSPS) is 11.2. The molecule has 0 atom stereocenters. The summed E-state index contributed by atoms with van der Waals surface area (Å²) in [6.45, 7) is 3.13. The summed E-state index contributed by atoms with van der Waals surface area (Å²) in [5.74, 6) is 0.894. The minimum atomic E-state index is 0.479. The Hall–Kier alpha value is -2.07. The van der Waals surface area contributed by atoms with Gasteiger partial charge in [0.25, 0.3) is 0 Å². The molecule has 0 saturated carbocycles. The summed E-state index contributed by atoms with van der Waals surface area (Å²) >= 11 is 0. The summed E-state index contributed by atoms with van der Waals surface area (Å²) in [6.07, 6.45) is 1.79. The molecule has 0 fully saturated rings. The minimum absolute atomic E-state index is 0.479. The highest BCUT2D eigenvalue weighted by atomic mass is 16.3. The maximum absolute atomic E-state index is 5.88. The molecule has 2 heterocycles. The molecule has 0 unspecified atom stereocenters. The zero-order chi connectivity index (χ0) is 12.5. The van der Waals surface area contributed by atoms with Crippen LogP contribution in [0, 0.1) is 6.92 Å². The van der Waals surface area contributed by atoms with Gasteiger partial charge in [0.15, 0.2) is 0 Å². The molecule has 0 bridgehead atoms. The van der Waals surface area contributed by atoms with Gasteiger partial charge in [0.2, 0.25) is 0 Å². The second-order valence-corrected chi connectivity index (χ2v) is 4.33. The predicted octanol–water partition coefficient (Wildman–Crippen LogP) is 2.44. The van der Waals surface area contributed by atoms with Crippen molar-refractivity contribution >= 4 is 11.0 Å². The average Bonchev–Trinajstić information content (AvgIpc) is 2.93. The maximum atomic E-state index is 5.88. The Morgan fingerprint density at radius 2 is 2.11 bits per heavy atom. The number of hydrogen-bond acceptors (Lipinski definition) is 3. The van der Waals surface area contributed by atoms with Crippen molar-refractivity contribution in [3.8, 4) is 0 Å². The number of hydrogen-bond donors (Lipinski definition) is 1. The Balaban J connectivity index is 2.09. The zero-order valence-corrected chi connectivity index (χ0v) is 10.3. The minimum Gasteiger partial charge on any atom is -0.459 e. The highest BCUT2D eigenvalue weighted by molar-refractivity contribution is 5.82. The Kier molecular flexibility index (Phi) is 2.64. The first-order valence-electron chi connectivity index (χ1n) is 5.97. The van der Waals surface area contributed by atoms with Crippen molar-refractivity contribution in [3.63, 3.8) is 0 Å². The number of rotatable bonds is 3. The van der Waals surface area contributed by atoms with Crippen LogP contribution in [0.3, 0.4) is 0 Å². The average molecular weight is 241 g/mol. The first-order chi connectivity index (χ1) is 8.79. The Morgan fingerprint density at radius 3 is 2.83 bits per heavy atom. The number of benzene rings is 1. The van der Waals surface area contributed by atoms with Gasteiger partial charge >= 0.3 is 0 Å². The van der Waals surface area contributed by atoms with Crippen LogP contribution >= 0.6 is 0 Å². The third kappa shape index (κ3) is 1.71.